The minimum Gasteiger partial charge on any atom is -0.368 e. The molecule has 2 heterocycles. The topological polar surface area (TPSA) is 49.8 Å². The highest BCUT2D eigenvalue weighted by atomic mass is 32.2. The van der Waals surface area contributed by atoms with E-state index < -0.39 is 0 Å². The van der Waals surface area contributed by atoms with Crippen LogP contribution in [0.3, 0.4) is 0 Å². The number of aromatic nitrogens is 2. The molecule has 0 aliphatic carbocycles. The van der Waals surface area contributed by atoms with E-state index >= 15 is 0 Å². The highest BCUT2D eigenvalue weighted by Crippen LogP contribution is 2.26. The monoisotopic (exact) mass is 296 g/mol. The van der Waals surface area contributed by atoms with E-state index in [4.69, 9.17) is 0 Å². The third-order valence-electron chi connectivity index (χ3n) is 2.82. The Bertz CT molecular complexity index is 526. The molecule has 0 aliphatic heterocycles. The molecule has 2 aromatic rings. The summed E-state index contributed by atoms with van der Waals surface area (Å²) in [5.41, 5.74) is 0. The van der Waals surface area contributed by atoms with Crippen LogP contribution in [0.15, 0.2) is 11.4 Å². The molecule has 4 nitrogen and oxygen atoms in total. The van der Waals surface area contributed by atoms with E-state index in [-0.39, 0.29) is 0 Å². The van der Waals surface area contributed by atoms with Crippen molar-refractivity contribution in [1.29, 1.82) is 0 Å². The number of thiophene rings is 1. The van der Waals surface area contributed by atoms with Gasteiger partial charge in [0.05, 0.1) is 5.39 Å². The Hall–Kier alpha value is -1.01. The number of fused-ring (bicyclic) bond motifs is 1. The van der Waals surface area contributed by atoms with Gasteiger partial charge in [-0.05, 0) is 24.1 Å². The molecule has 0 bridgehead atoms. The molecule has 2 N–H and O–H groups in total. The molecular weight excluding hydrogens is 276 g/mol. The van der Waals surface area contributed by atoms with E-state index in [1.807, 2.05) is 11.8 Å². The second-order valence-corrected chi connectivity index (χ2v) is 6.56. The van der Waals surface area contributed by atoms with Gasteiger partial charge < -0.3 is 10.6 Å². The lowest BCUT2D eigenvalue weighted by Crippen LogP contribution is -2.14. The summed E-state index contributed by atoms with van der Waals surface area (Å²) < 4.78 is 0. The molecule has 6 heteroatoms. The van der Waals surface area contributed by atoms with Gasteiger partial charge in [0.25, 0.3) is 0 Å². The van der Waals surface area contributed by atoms with Crippen molar-refractivity contribution in [1.82, 2.24) is 9.97 Å². The second kappa shape index (κ2) is 6.96. The minimum atomic E-state index is 0.565. The predicted octanol–water partition coefficient (Wildman–Crippen LogP) is 3.68. The summed E-state index contributed by atoms with van der Waals surface area (Å²) in [5.74, 6) is 1.65. The van der Waals surface area contributed by atoms with Crippen molar-refractivity contribution in [2.75, 3.05) is 30.0 Å². The first-order valence-electron chi connectivity index (χ1n) is 6.50. The van der Waals surface area contributed by atoms with E-state index in [1.165, 1.54) is 0 Å². The first-order valence-corrected chi connectivity index (χ1v) is 8.67. The molecule has 0 fully saturated rings. The minimum absolute atomic E-state index is 0.565. The van der Waals surface area contributed by atoms with E-state index in [0.29, 0.717) is 5.25 Å². The molecular formula is C13H20N4S2. The lowest BCUT2D eigenvalue weighted by atomic mass is 10.3. The lowest BCUT2D eigenvalue weighted by Gasteiger charge is -2.12. The van der Waals surface area contributed by atoms with E-state index in [9.17, 15) is 0 Å². The molecule has 19 heavy (non-hydrogen) atoms. The summed E-state index contributed by atoms with van der Waals surface area (Å²) in [6.45, 7) is 6.16. The lowest BCUT2D eigenvalue weighted by molar-refractivity contribution is 0.952. The average molecular weight is 296 g/mol. The van der Waals surface area contributed by atoms with Crippen molar-refractivity contribution >= 4 is 45.1 Å². The van der Waals surface area contributed by atoms with Crippen LogP contribution in [0.2, 0.25) is 0 Å². The van der Waals surface area contributed by atoms with Crippen LogP contribution >= 0.6 is 23.1 Å². The van der Waals surface area contributed by atoms with Crippen molar-refractivity contribution in [2.45, 2.75) is 25.5 Å². The smallest absolute Gasteiger partial charge is 0.226 e. The largest absolute Gasteiger partial charge is 0.368 e. The zero-order valence-electron chi connectivity index (χ0n) is 11.6. The molecule has 1 atom stereocenters. The zero-order chi connectivity index (χ0) is 13.7. The van der Waals surface area contributed by atoms with Crippen LogP contribution in [0.25, 0.3) is 10.2 Å². The summed E-state index contributed by atoms with van der Waals surface area (Å²) in [5, 5.41) is 10.4. The van der Waals surface area contributed by atoms with Gasteiger partial charge in [-0.1, -0.05) is 13.8 Å². The number of thioether (sulfide) groups is 1. The molecule has 1 unspecified atom stereocenters. The van der Waals surface area contributed by atoms with Crippen LogP contribution in [0.1, 0.15) is 20.3 Å². The molecule has 0 spiro atoms. The quantitative estimate of drug-likeness (QED) is 0.816. The third-order valence-corrected chi connectivity index (χ3v) is 4.60. The first-order chi connectivity index (χ1) is 9.24. The standard InChI is InChI=1S/C13H20N4S2/c1-4-6-14-13-16-11(15-8-9(2)18-3)10-5-7-19-12(10)17-13/h5,7,9H,4,6,8H2,1-3H3,(H2,14,15,16,17). The number of nitrogens with zero attached hydrogens (tertiary/aromatic N) is 2. The Labute approximate surface area is 122 Å². The van der Waals surface area contributed by atoms with Crippen molar-refractivity contribution in [3.8, 4) is 0 Å². The summed E-state index contributed by atoms with van der Waals surface area (Å²) in [6, 6.07) is 2.08. The van der Waals surface area contributed by atoms with Crippen LogP contribution in [-0.2, 0) is 0 Å². The van der Waals surface area contributed by atoms with Crippen molar-refractivity contribution < 1.29 is 0 Å². The van der Waals surface area contributed by atoms with Gasteiger partial charge in [0.2, 0.25) is 5.95 Å². The maximum atomic E-state index is 4.58. The Kier molecular flexibility index (Phi) is 5.27. The van der Waals surface area contributed by atoms with Crippen LogP contribution < -0.4 is 10.6 Å². The van der Waals surface area contributed by atoms with Crippen LogP contribution in [0.5, 0.6) is 0 Å². The van der Waals surface area contributed by atoms with Crippen molar-refractivity contribution in [2.24, 2.45) is 0 Å². The van der Waals surface area contributed by atoms with Crippen LogP contribution in [0, 0.1) is 0 Å². The van der Waals surface area contributed by atoms with Crippen molar-refractivity contribution in [3.05, 3.63) is 11.4 Å². The average Bonchev–Trinajstić information content (AvgIpc) is 2.90. The highest BCUT2D eigenvalue weighted by Gasteiger charge is 2.09. The summed E-state index contributed by atoms with van der Waals surface area (Å²) in [7, 11) is 0. The molecule has 0 amide bonds. The fourth-order valence-electron chi connectivity index (χ4n) is 1.63. The van der Waals surface area contributed by atoms with Gasteiger partial charge in [-0.25, -0.2) is 4.98 Å². The van der Waals surface area contributed by atoms with Gasteiger partial charge >= 0.3 is 0 Å². The van der Waals surface area contributed by atoms with E-state index in [0.717, 1.165) is 41.5 Å². The van der Waals surface area contributed by atoms with E-state index in [1.54, 1.807) is 11.3 Å². The first kappa shape index (κ1) is 14.4. The van der Waals surface area contributed by atoms with Gasteiger partial charge in [0.1, 0.15) is 10.6 Å². The molecule has 104 valence electrons. The number of rotatable bonds is 7. The maximum Gasteiger partial charge on any atom is 0.226 e. The van der Waals surface area contributed by atoms with Gasteiger partial charge in [0, 0.05) is 18.3 Å². The van der Waals surface area contributed by atoms with Gasteiger partial charge in [-0.3, -0.25) is 0 Å². The molecule has 2 aromatic heterocycles. The molecule has 0 saturated carbocycles. The zero-order valence-corrected chi connectivity index (χ0v) is 13.2. The predicted molar refractivity (Wildman–Crippen MR) is 87.7 cm³/mol. The van der Waals surface area contributed by atoms with Crippen LogP contribution in [0.4, 0.5) is 11.8 Å². The van der Waals surface area contributed by atoms with Gasteiger partial charge in [-0.15, -0.1) is 11.3 Å². The molecule has 0 saturated heterocycles. The van der Waals surface area contributed by atoms with E-state index in [2.05, 4.69) is 52.2 Å². The number of hydrogen-bond donors (Lipinski definition) is 2. The summed E-state index contributed by atoms with van der Waals surface area (Å²) in [6.07, 6.45) is 3.19. The summed E-state index contributed by atoms with van der Waals surface area (Å²) in [4.78, 5) is 10.1. The number of anilines is 2. The molecule has 0 radical (unpaired) electrons. The molecule has 2 rings (SSSR count). The van der Waals surface area contributed by atoms with Crippen LogP contribution in [-0.4, -0.2) is 34.6 Å². The fourth-order valence-corrected chi connectivity index (χ4v) is 2.64. The van der Waals surface area contributed by atoms with Crippen molar-refractivity contribution in [3.63, 3.8) is 0 Å². The Balaban J connectivity index is 2.21. The Morgan fingerprint density at radius 1 is 1.37 bits per heavy atom. The Morgan fingerprint density at radius 3 is 2.95 bits per heavy atom. The Morgan fingerprint density at radius 2 is 2.21 bits per heavy atom. The SMILES string of the molecule is CCCNc1nc(NCC(C)SC)c2ccsc2n1. The summed E-state index contributed by atoms with van der Waals surface area (Å²) >= 11 is 3.50. The van der Waals surface area contributed by atoms with Gasteiger partial charge in [0.15, 0.2) is 0 Å². The molecule has 0 aromatic carbocycles. The third kappa shape index (κ3) is 3.73. The normalized spacial score (nSPS) is 12.6. The number of hydrogen-bond acceptors (Lipinski definition) is 6. The van der Waals surface area contributed by atoms with Gasteiger partial charge in [-0.2, -0.15) is 16.7 Å². The molecule has 0 aliphatic rings. The fraction of sp³-hybridized carbons (Fsp3) is 0.538. The second-order valence-electron chi connectivity index (χ2n) is 4.39. The maximum absolute atomic E-state index is 4.58. The highest BCUT2D eigenvalue weighted by molar-refractivity contribution is 7.99. The number of nitrogens with one attached hydrogen (secondary N) is 2.